The second kappa shape index (κ2) is 16.4. The molecule has 290 valence electrons. The van der Waals surface area contributed by atoms with E-state index in [0.29, 0.717) is 23.4 Å². The number of rotatable bonds is 17. The van der Waals surface area contributed by atoms with Crippen LogP contribution >= 0.6 is 7.60 Å². The molecule has 1 saturated heterocycles. The third kappa shape index (κ3) is 9.35. The topological polar surface area (TPSA) is 221 Å². The number of aromatic nitrogens is 1. The molecule has 2 aliphatic rings. The summed E-state index contributed by atoms with van der Waals surface area (Å²) in [5.41, 5.74) is 8.55. The minimum absolute atomic E-state index is 0.00805. The summed E-state index contributed by atoms with van der Waals surface area (Å²) in [5.74, 6) is -1.60. The van der Waals surface area contributed by atoms with Gasteiger partial charge in [0.15, 0.2) is 0 Å². The molecule has 54 heavy (non-hydrogen) atoms. The van der Waals surface area contributed by atoms with Gasteiger partial charge in [-0.1, -0.05) is 57.5 Å². The summed E-state index contributed by atoms with van der Waals surface area (Å²) in [6, 6.07) is 11.1. The molecule has 5 rings (SSSR count). The number of nitrogens with two attached hydrogens (primary N) is 1. The smallest absolute Gasteiger partial charge is 0.372 e. The number of ether oxygens (including phenoxy) is 1. The number of amides is 4. The highest BCUT2D eigenvalue weighted by Gasteiger charge is 2.54. The molecule has 2 aromatic carbocycles. The quantitative estimate of drug-likeness (QED) is 0.0853. The predicted molar refractivity (Wildman–Crippen MR) is 202 cm³/mol. The SMILES string of the molecule is CC1=C2[C@H]1CN(C(=O)[C@H](CC(C)C)NC(=O)c1cc3cc(C(=O)P(=O)(O)O)ccc3[nH]1)[C@@H]2C(=O)N[C@@H](CCC(N)=O)[C@@H](C)OCc1ccc(C(C)C)cc1. The van der Waals surface area contributed by atoms with E-state index in [4.69, 9.17) is 10.5 Å². The number of nitrogens with one attached hydrogen (secondary N) is 3. The number of carbonyl (C=O) groups is 5. The van der Waals surface area contributed by atoms with Gasteiger partial charge in [0.05, 0.1) is 18.8 Å². The zero-order valence-electron chi connectivity index (χ0n) is 31.4. The van der Waals surface area contributed by atoms with Crippen LogP contribution in [0.3, 0.4) is 0 Å². The molecule has 0 spiro atoms. The number of hydrogen-bond donors (Lipinski definition) is 6. The number of likely N-dealkylation sites (tertiary alicyclic amines) is 1. The van der Waals surface area contributed by atoms with Crippen LogP contribution in [-0.2, 0) is 30.3 Å². The first-order chi connectivity index (χ1) is 25.3. The molecule has 3 aromatic rings. The Morgan fingerprint density at radius 3 is 2.30 bits per heavy atom. The van der Waals surface area contributed by atoms with Gasteiger partial charge in [-0.2, -0.15) is 0 Å². The number of hydrogen-bond acceptors (Lipinski definition) is 7. The maximum absolute atomic E-state index is 14.3. The van der Waals surface area contributed by atoms with Crippen molar-refractivity contribution in [3.05, 3.63) is 82.1 Å². The molecule has 1 aliphatic carbocycles. The predicted octanol–water partition coefficient (Wildman–Crippen LogP) is 4.27. The van der Waals surface area contributed by atoms with Gasteiger partial charge in [-0.3, -0.25) is 28.5 Å². The highest BCUT2D eigenvalue weighted by atomic mass is 31.2. The van der Waals surface area contributed by atoms with Crippen LogP contribution < -0.4 is 16.4 Å². The van der Waals surface area contributed by atoms with Crippen LogP contribution in [0.25, 0.3) is 10.9 Å². The van der Waals surface area contributed by atoms with Crippen molar-refractivity contribution in [3.8, 4) is 0 Å². The van der Waals surface area contributed by atoms with Crippen LogP contribution in [0.4, 0.5) is 0 Å². The van der Waals surface area contributed by atoms with E-state index in [0.717, 1.165) is 16.7 Å². The van der Waals surface area contributed by atoms with E-state index in [2.05, 4.69) is 41.6 Å². The van der Waals surface area contributed by atoms with Crippen molar-refractivity contribution in [2.24, 2.45) is 17.6 Å². The molecule has 7 N–H and O–H groups in total. The summed E-state index contributed by atoms with van der Waals surface area (Å²) >= 11 is 0. The molecule has 14 nitrogen and oxygen atoms in total. The van der Waals surface area contributed by atoms with E-state index >= 15 is 0 Å². The number of carbonyl (C=O) groups excluding carboxylic acids is 5. The average molecular weight is 764 g/mol. The summed E-state index contributed by atoms with van der Waals surface area (Å²) in [4.78, 5) is 88.9. The van der Waals surface area contributed by atoms with Crippen LogP contribution in [0, 0.1) is 11.8 Å². The normalized spacial score (nSPS) is 18.4. The number of benzene rings is 2. The second-order valence-corrected chi connectivity index (χ2v) is 16.6. The largest absolute Gasteiger partial charge is 0.396 e. The number of fused-ring (bicyclic) bond motifs is 2. The molecule has 1 aliphatic heterocycles. The Bertz CT molecular complexity index is 2020. The molecular weight excluding hydrogens is 713 g/mol. The van der Waals surface area contributed by atoms with Gasteiger partial charge in [-0.25, -0.2) is 0 Å². The average Bonchev–Trinajstić information content (AvgIpc) is 3.42. The van der Waals surface area contributed by atoms with E-state index in [1.54, 1.807) is 0 Å². The molecule has 5 atom stereocenters. The van der Waals surface area contributed by atoms with Crippen LogP contribution in [0.2, 0.25) is 0 Å². The summed E-state index contributed by atoms with van der Waals surface area (Å²) in [5, 5.41) is 6.25. The molecular formula is C39H50N5O9P. The van der Waals surface area contributed by atoms with Gasteiger partial charge >= 0.3 is 7.60 Å². The first kappa shape index (κ1) is 40.6. The summed E-state index contributed by atoms with van der Waals surface area (Å²) in [6.07, 6.45) is 0.0479. The van der Waals surface area contributed by atoms with Crippen molar-refractivity contribution < 1.29 is 43.1 Å². The highest BCUT2D eigenvalue weighted by molar-refractivity contribution is 7.70. The Balaban J connectivity index is 1.31. The molecule has 1 fully saturated rings. The monoisotopic (exact) mass is 763 g/mol. The van der Waals surface area contributed by atoms with Gasteiger partial charge in [0.2, 0.25) is 17.7 Å². The van der Waals surface area contributed by atoms with Gasteiger partial charge in [0.25, 0.3) is 11.4 Å². The van der Waals surface area contributed by atoms with Crippen molar-refractivity contribution in [1.82, 2.24) is 20.5 Å². The van der Waals surface area contributed by atoms with E-state index in [9.17, 15) is 38.3 Å². The number of nitrogens with zero attached hydrogens (tertiary/aromatic N) is 1. The molecule has 0 saturated carbocycles. The van der Waals surface area contributed by atoms with Crippen LogP contribution in [-0.4, -0.2) is 79.6 Å². The molecule has 0 radical (unpaired) electrons. The van der Waals surface area contributed by atoms with Crippen molar-refractivity contribution in [3.63, 3.8) is 0 Å². The molecule has 1 aromatic heterocycles. The molecule has 0 bridgehead atoms. The Morgan fingerprint density at radius 2 is 1.69 bits per heavy atom. The minimum atomic E-state index is -5.01. The number of aromatic amines is 1. The lowest BCUT2D eigenvalue weighted by Crippen LogP contribution is -2.56. The highest BCUT2D eigenvalue weighted by Crippen LogP contribution is 2.49. The Hall–Kier alpha value is -4.62. The van der Waals surface area contributed by atoms with E-state index < -0.39 is 61.0 Å². The maximum Gasteiger partial charge on any atom is 0.396 e. The zero-order chi connectivity index (χ0) is 39.6. The third-order valence-corrected chi connectivity index (χ3v) is 11.0. The molecule has 2 heterocycles. The number of H-pyrrole nitrogens is 1. The Kier molecular flexibility index (Phi) is 12.3. The lowest BCUT2D eigenvalue weighted by atomic mass is 10.0. The fourth-order valence-electron chi connectivity index (χ4n) is 7.04. The van der Waals surface area contributed by atoms with Gasteiger partial charge in [0, 0.05) is 35.3 Å². The van der Waals surface area contributed by atoms with Gasteiger partial charge < -0.3 is 40.8 Å². The van der Waals surface area contributed by atoms with Crippen LogP contribution in [0.15, 0.2) is 59.7 Å². The fourth-order valence-corrected chi connectivity index (χ4v) is 7.52. The standard InChI is InChI=1S/C39H50N5O9P/c1-20(2)15-32(43-36(46)31-17-27-16-26(11-12-30(27)41-31)39(49)54(50,51)52)38(48)44-18-28-22(5)34(28)35(44)37(47)42-29(13-14-33(40)45)23(6)53-19-24-7-9-25(10-8-24)21(3)4/h7-12,16-17,20-21,23,28-29,32,35,41H,13-15,18-19H2,1-6H3,(H2,40,45)(H,42,47)(H,43,46)(H2,50,51,52)/t23-,28+,29+,32+,35+/m1/s1. The van der Waals surface area contributed by atoms with E-state index in [-0.39, 0.29) is 48.9 Å². The number of primary amides is 1. The molecule has 4 amide bonds. The summed E-state index contributed by atoms with van der Waals surface area (Å²) < 4.78 is 17.7. The van der Waals surface area contributed by atoms with Crippen LogP contribution in [0.1, 0.15) is 98.7 Å². The minimum Gasteiger partial charge on any atom is -0.372 e. The fraction of sp³-hybridized carbons (Fsp3) is 0.462. The second-order valence-electron chi connectivity index (χ2n) is 15.1. The maximum atomic E-state index is 14.3. The molecule has 15 heteroatoms. The van der Waals surface area contributed by atoms with Crippen LogP contribution in [0.5, 0.6) is 0 Å². The third-order valence-electron chi connectivity index (χ3n) is 10.2. The van der Waals surface area contributed by atoms with Crippen molar-refractivity contribution in [1.29, 1.82) is 0 Å². The molecule has 0 unspecified atom stereocenters. The zero-order valence-corrected chi connectivity index (χ0v) is 32.3. The van der Waals surface area contributed by atoms with Crippen molar-refractivity contribution >= 4 is 47.7 Å². The van der Waals surface area contributed by atoms with Crippen molar-refractivity contribution in [2.75, 3.05) is 6.54 Å². The lowest BCUT2D eigenvalue weighted by Gasteiger charge is -2.32. The van der Waals surface area contributed by atoms with E-state index in [1.807, 2.05) is 39.8 Å². The summed E-state index contributed by atoms with van der Waals surface area (Å²) in [6.45, 7) is 12.4. The van der Waals surface area contributed by atoms with Gasteiger partial charge in [-0.15, -0.1) is 0 Å². The Morgan fingerprint density at radius 1 is 1.00 bits per heavy atom. The van der Waals surface area contributed by atoms with Crippen molar-refractivity contribution in [2.45, 2.75) is 97.6 Å². The van der Waals surface area contributed by atoms with Gasteiger partial charge in [-0.05, 0) is 79.5 Å². The van der Waals surface area contributed by atoms with Gasteiger partial charge in [0.1, 0.15) is 17.8 Å². The lowest BCUT2D eigenvalue weighted by molar-refractivity contribution is -0.140. The summed E-state index contributed by atoms with van der Waals surface area (Å²) in [7, 11) is -5.01. The first-order valence-electron chi connectivity index (χ1n) is 18.2. The van der Waals surface area contributed by atoms with E-state index in [1.165, 1.54) is 34.7 Å². The first-order valence-corrected chi connectivity index (χ1v) is 19.8. The Labute approximate surface area is 314 Å².